The van der Waals surface area contributed by atoms with Crippen LogP contribution in [0, 0.1) is 0 Å². The zero-order valence-electron chi connectivity index (χ0n) is 22.0. The van der Waals surface area contributed by atoms with Crippen molar-refractivity contribution in [3.05, 3.63) is 57.2 Å². The number of benzene rings is 2. The average molecular weight is 572 g/mol. The van der Waals surface area contributed by atoms with Gasteiger partial charge in [-0.2, -0.15) is 0 Å². The largest absolute Gasteiger partial charge is 0.493 e. The number of carbonyl (C=O) groups is 2. The van der Waals surface area contributed by atoms with Gasteiger partial charge < -0.3 is 24.3 Å². The van der Waals surface area contributed by atoms with Crippen LogP contribution in [0.25, 0.3) is 0 Å². The average Bonchev–Trinajstić information content (AvgIpc) is 2.85. The maximum atomic E-state index is 13.6. The van der Waals surface area contributed by atoms with E-state index in [0.717, 1.165) is 15.6 Å². The third-order valence-electron chi connectivity index (χ3n) is 6.58. The molecule has 2 unspecified atom stereocenters. The van der Waals surface area contributed by atoms with Gasteiger partial charge in [0, 0.05) is 30.0 Å². The first-order chi connectivity index (χ1) is 17.7. The van der Waals surface area contributed by atoms with Crippen LogP contribution in [0.4, 0.5) is 0 Å². The van der Waals surface area contributed by atoms with E-state index in [9.17, 15) is 9.59 Å². The number of ether oxygens (including phenoxy) is 4. The normalized spacial score (nSPS) is 19.4. The third-order valence-corrected chi connectivity index (χ3v) is 7.17. The summed E-state index contributed by atoms with van der Waals surface area (Å²) >= 11 is 3.60. The summed E-state index contributed by atoms with van der Waals surface area (Å²) in [4.78, 5) is 26.4. The standard InChI is InChI=1S/C29H34BrNO6/c1-6-35-26-14-19(10-21(30)29(26)36-7-2)20-15-27(33)31-22-11-18(12-23(32)28(20)22)17-8-9-24(37-16(3)4)25(13-17)34-5/h8-10,13-14,16,18,20H,6-7,11-12,15H2,1-5H3,(H,31,33). The minimum absolute atomic E-state index is 0.0176. The number of carbonyl (C=O) groups excluding carboxylic acids is 2. The first kappa shape index (κ1) is 27.0. The van der Waals surface area contributed by atoms with Crippen molar-refractivity contribution < 1.29 is 28.5 Å². The van der Waals surface area contributed by atoms with Gasteiger partial charge in [-0.3, -0.25) is 9.59 Å². The number of halogens is 1. The highest BCUT2D eigenvalue weighted by Crippen LogP contribution is 2.46. The molecule has 1 aliphatic heterocycles. The quantitative estimate of drug-likeness (QED) is 0.394. The maximum Gasteiger partial charge on any atom is 0.225 e. The Balaban J connectivity index is 1.69. The highest BCUT2D eigenvalue weighted by atomic mass is 79.9. The van der Waals surface area contributed by atoms with Gasteiger partial charge in [-0.25, -0.2) is 0 Å². The van der Waals surface area contributed by atoms with Crippen LogP contribution in [-0.4, -0.2) is 38.1 Å². The van der Waals surface area contributed by atoms with Gasteiger partial charge in [0.2, 0.25) is 5.91 Å². The molecule has 2 aromatic carbocycles. The van der Waals surface area contributed by atoms with Crippen LogP contribution in [0.15, 0.2) is 46.1 Å². The summed E-state index contributed by atoms with van der Waals surface area (Å²) in [6, 6.07) is 9.62. The van der Waals surface area contributed by atoms with Gasteiger partial charge in [0.05, 0.1) is 30.9 Å². The Morgan fingerprint density at radius 1 is 0.946 bits per heavy atom. The van der Waals surface area contributed by atoms with Crippen molar-refractivity contribution >= 4 is 27.6 Å². The highest BCUT2D eigenvalue weighted by molar-refractivity contribution is 9.10. The monoisotopic (exact) mass is 571 g/mol. The number of allylic oxidation sites excluding steroid dienone is 2. The minimum atomic E-state index is -0.347. The Labute approximate surface area is 226 Å². The fourth-order valence-electron chi connectivity index (χ4n) is 5.11. The van der Waals surface area contributed by atoms with Crippen molar-refractivity contribution in [1.82, 2.24) is 5.32 Å². The summed E-state index contributed by atoms with van der Waals surface area (Å²) in [5, 5.41) is 3.00. The molecule has 2 aromatic rings. The van der Waals surface area contributed by atoms with Gasteiger partial charge in [0.15, 0.2) is 28.8 Å². The zero-order valence-corrected chi connectivity index (χ0v) is 23.6. The number of hydrogen-bond donors (Lipinski definition) is 1. The summed E-state index contributed by atoms with van der Waals surface area (Å²) in [6.07, 6.45) is 1.14. The van der Waals surface area contributed by atoms with Crippen LogP contribution in [0.2, 0.25) is 0 Å². The lowest BCUT2D eigenvalue weighted by Gasteiger charge is -2.35. The predicted molar refractivity (Wildman–Crippen MR) is 145 cm³/mol. The molecule has 8 heteroatoms. The number of hydrogen-bond acceptors (Lipinski definition) is 6. The lowest BCUT2D eigenvalue weighted by molar-refractivity contribution is -0.122. The van der Waals surface area contributed by atoms with Gasteiger partial charge in [-0.05, 0) is 91.4 Å². The predicted octanol–water partition coefficient (Wildman–Crippen LogP) is 6.05. The molecule has 0 aromatic heterocycles. The zero-order chi connectivity index (χ0) is 26.7. The molecule has 0 bridgehead atoms. The second kappa shape index (κ2) is 11.6. The maximum absolute atomic E-state index is 13.6. The lowest BCUT2D eigenvalue weighted by Crippen LogP contribution is -2.38. The highest BCUT2D eigenvalue weighted by Gasteiger charge is 2.39. The molecule has 37 heavy (non-hydrogen) atoms. The van der Waals surface area contributed by atoms with Gasteiger partial charge in [-0.15, -0.1) is 0 Å². The Morgan fingerprint density at radius 2 is 1.68 bits per heavy atom. The molecule has 2 aliphatic rings. The molecule has 7 nitrogen and oxygen atoms in total. The number of amides is 1. The van der Waals surface area contributed by atoms with Crippen LogP contribution in [-0.2, 0) is 9.59 Å². The molecular weight excluding hydrogens is 538 g/mol. The summed E-state index contributed by atoms with van der Waals surface area (Å²) in [6.45, 7) is 8.71. The van der Waals surface area contributed by atoms with Crippen molar-refractivity contribution in [2.45, 2.75) is 64.9 Å². The van der Waals surface area contributed by atoms with Crippen LogP contribution in [0.1, 0.15) is 69.9 Å². The van der Waals surface area contributed by atoms with Crippen molar-refractivity contribution in [3.8, 4) is 23.0 Å². The molecule has 2 atom stereocenters. The Morgan fingerprint density at radius 3 is 2.35 bits per heavy atom. The van der Waals surface area contributed by atoms with Crippen LogP contribution in [0.3, 0.4) is 0 Å². The van der Waals surface area contributed by atoms with Gasteiger partial charge >= 0.3 is 0 Å². The van der Waals surface area contributed by atoms with Gasteiger partial charge in [0.1, 0.15) is 0 Å². The van der Waals surface area contributed by atoms with E-state index in [1.165, 1.54) is 0 Å². The molecule has 0 saturated carbocycles. The fourth-order valence-corrected chi connectivity index (χ4v) is 5.68. The summed E-state index contributed by atoms with van der Waals surface area (Å²) < 4.78 is 23.7. The van der Waals surface area contributed by atoms with E-state index in [-0.39, 0.29) is 36.1 Å². The first-order valence-electron chi connectivity index (χ1n) is 12.7. The third kappa shape index (κ3) is 5.79. The number of Topliss-reactive ketones (excluding diaryl/α,β-unsaturated/α-hetero) is 1. The Hall–Kier alpha value is -3.00. The van der Waals surface area contributed by atoms with Crippen LogP contribution < -0.4 is 24.3 Å². The Bertz CT molecular complexity index is 1220. The van der Waals surface area contributed by atoms with E-state index >= 15 is 0 Å². The molecule has 0 fully saturated rings. The van der Waals surface area contributed by atoms with Crippen LogP contribution in [0.5, 0.6) is 23.0 Å². The van der Waals surface area contributed by atoms with Gasteiger partial charge in [-0.1, -0.05) is 6.07 Å². The SMILES string of the molecule is CCOc1cc(C2CC(=O)NC3=C2C(=O)CC(c2ccc(OC(C)C)c(OC)c2)C3)cc(Br)c1OCC. The minimum Gasteiger partial charge on any atom is -0.493 e. The van der Waals surface area contributed by atoms with E-state index in [1.54, 1.807) is 7.11 Å². The molecule has 0 spiro atoms. The lowest BCUT2D eigenvalue weighted by atomic mass is 9.73. The number of ketones is 1. The van der Waals surface area contributed by atoms with E-state index in [2.05, 4.69) is 21.2 Å². The Kier molecular flexibility index (Phi) is 8.47. The van der Waals surface area contributed by atoms with Crippen molar-refractivity contribution in [1.29, 1.82) is 0 Å². The van der Waals surface area contributed by atoms with Crippen molar-refractivity contribution in [2.24, 2.45) is 0 Å². The summed E-state index contributed by atoms with van der Waals surface area (Å²) in [5.74, 6) is 2.04. The second-order valence-electron chi connectivity index (χ2n) is 9.50. The first-order valence-corrected chi connectivity index (χ1v) is 13.5. The number of nitrogens with one attached hydrogen (secondary N) is 1. The van der Waals surface area contributed by atoms with E-state index < -0.39 is 0 Å². The number of methoxy groups -OCH3 is 1. The molecule has 0 radical (unpaired) electrons. The summed E-state index contributed by atoms with van der Waals surface area (Å²) in [7, 11) is 1.61. The molecule has 1 amide bonds. The topological polar surface area (TPSA) is 83.1 Å². The molecule has 1 heterocycles. The molecule has 1 aliphatic carbocycles. The number of rotatable bonds is 9. The van der Waals surface area contributed by atoms with E-state index in [4.69, 9.17) is 18.9 Å². The summed E-state index contributed by atoms with van der Waals surface area (Å²) in [5.41, 5.74) is 3.21. The smallest absolute Gasteiger partial charge is 0.225 e. The van der Waals surface area contributed by atoms with Gasteiger partial charge in [0.25, 0.3) is 0 Å². The second-order valence-corrected chi connectivity index (χ2v) is 10.4. The molecular formula is C29H34BrNO6. The van der Waals surface area contributed by atoms with E-state index in [0.29, 0.717) is 60.3 Å². The van der Waals surface area contributed by atoms with Crippen molar-refractivity contribution in [2.75, 3.05) is 20.3 Å². The molecule has 198 valence electrons. The molecule has 4 rings (SSSR count). The molecule has 1 N–H and O–H groups in total. The fraction of sp³-hybridized carbons (Fsp3) is 0.448. The van der Waals surface area contributed by atoms with E-state index in [1.807, 2.05) is 58.0 Å². The molecule has 0 saturated heterocycles. The van der Waals surface area contributed by atoms with Crippen molar-refractivity contribution in [3.63, 3.8) is 0 Å². The van der Waals surface area contributed by atoms with Crippen LogP contribution >= 0.6 is 15.9 Å².